The molecule has 0 spiro atoms. The number of nitrogens with one attached hydrogen (secondary N) is 1. The highest BCUT2D eigenvalue weighted by molar-refractivity contribution is 5.85. The zero-order chi connectivity index (χ0) is 14.3. The van der Waals surface area contributed by atoms with Crippen LogP contribution >= 0.6 is 24.8 Å². The maximum atomic E-state index is 11.4. The lowest BCUT2D eigenvalue weighted by molar-refractivity contribution is -0.122. The van der Waals surface area contributed by atoms with Crippen molar-refractivity contribution in [2.45, 2.75) is 39.9 Å². The zero-order valence-electron chi connectivity index (χ0n) is 13.0. The van der Waals surface area contributed by atoms with Gasteiger partial charge in [0.25, 0.3) is 0 Å². The zero-order valence-corrected chi connectivity index (χ0v) is 14.6. The van der Waals surface area contributed by atoms with E-state index in [2.05, 4.69) is 48.3 Å². The average Bonchev–Trinajstić information content (AvgIpc) is 2.43. The van der Waals surface area contributed by atoms with E-state index < -0.39 is 6.04 Å². The molecule has 1 amide bonds. The van der Waals surface area contributed by atoms with Gasteiger partial charge in [0.1, 0.15) is 0 Å². The first kappa shape index (κ1) is 22.5. The normalized spacial score (nSPS) is 11.3. The van der Waals surface area contributed by atoms with Crippen molar-refractivity contribution in [2.24, 2.45) is 5.73 Å². The van der Waals surface area contributed by atoms with Gasteiger partial charge < -0.3 is 11.1 Å². The third-order valence-corrected chi connectivity index (χ3v) is 3.20. The van der Waals surface area contributed by atoms with E-state index >= 15 is 0 Å². The van der Waals surface area contributed by atoms with Crippen molar-refractivity contribution in [3.05, 3.63) is 35.4 Å². The fraction of sp³-hybridized carbons (Fsp3) is 0.533. The van der Waals surface area contributed by atoms with E-state index in [4.69, 9.17) is 5.73 Å². The van der Waals surface area contributed by atoms with Gasteiger partial charge in [-0.2, -0.15) is 0 Å². The second-order valence-electron chi connectivity index (χ2n) is 4.78. The van der Waals surface area contributed by atoms with Crippen molar-refractivity contribution in [3.8, 4) is 0 Å². The highest BCUT2D eigenvalue weighted by Crippen LogP contribution is 2.07. The quantitative estimate of drug-likeness (QED) is 0.803. The van der Waals surface area contributed by atoms with E-state index in [-0.39, 0.29) is 30.7 Å². The van der Waals surface area contributed by atoms with Gasteiger partial charge in [-0.1, -0.05) is 38.1 Å². The monoisotopic (exact) mass is 335 g/mol. The molecule has 0 aliphatic heterocycles. The lowest BCUT2D eigenvalue weighted by Gasteiger charge is -2.18. The van der Waals surface area contributed by atoms with E-state index in [1.165, 1.54) is 5.56 Å². The van der Waals surface area contributed by atoms with Crippen LogP contribution in [0.4, 0.5) is 0 Å². The summed E-state index contributed by atoms with van der Waals surface area (Å²) in [6.07, 6.45) is 0. The van der Waals surface area contributed by atoms with Crippen LogP contribution in [0, 0.1) is 0 Å². The molecule has 0 radical (unpaired) electrons. The molecule has 0 aliphatic carbocycles. The second-order valence-corrected chi connectivity index (χ2v) is 4.78. The van der Waals surface area contributed by atoms with Crippen LogP contribution in [0.25, 0.3) is 0 Å². The smallest absolute Gasteiger partial charge is 0.236 e. The number of hydrogen-bond acceptors (Lipinski definition) is 3. The third kappa shape index (κ3) is 8.27. The van der Waals surface area contributed by atoms with Gasteiger partial charge in [0.15, 0.2) is 0 Å². The van der Waals surface area contributed by atoms with Crippen LogP contribution in [-0.4, -0.2) is 29.9 Å². The molecule has 0 saturated carbocycles. The molecule has 0 bridgehead atoms. The molecule has 1 rings (SSSR count). The summed E-state index contributed by atoms with van der Waals surface area (Å²) >= 11 is 0. The van der Waals surface area contributed by atoms with Crippen LogP contribution < -0.4 is 11.1 Å². The van der Waals surface area contributed by atoms with E-state index in [0.717, 1.165) is 25.2 Å². The van der Waals surface area contributed by atoms with Gasteiger partial charge in [-0.25, -0.2) is 0 Å². The maximum Gasteiger partial charge on any atom is 0.236 e. The van der Waals surface area contributed by atoms with Gasteiger partial charge in [0.05, 0.1) is 6.04 Å². The van der Waals surface area contributed by atoms with E-state index in [1.54, 1.807) is 6.92 Å². The Bertz CT molecular complexity index is 392. The number of carbonyl (C=O) groups excluding carboxylic acids is 1. The average molecular weight is 336 g/mol. The Morgan fingerprint density at radius 2 is 1.62 bits per heavy atom. The summed E-state index contributed by atoms with van der Waals surface area (Å²) < 4.78 is 0. The summed E-state index contributed by atoms with van der Waals surface area (Å²) in [6.45, 7) is 9.64. The predicted molar refractivity (Wildman–Crippen MR) is 93.1 cm³/mol. The molecular formula is C15H27Cl2N3O. The fourth-order valence-electron chi connectivity index (χ4n) is 1.82. The van der Waals surface area contributed by atoms with E-state index in [1.807, 2.05) is 0 Å². The predicted octanol–water partition coefficient (Wildman–Crippen LogP) is 2.34. The molecule has 0 aliphatic rings. The minimum atomic E-state index is -0.457. The Morgan fingerprint density at radius 3 is 2.05 bits per heavy atom. The van der Waals surface area contributed by atoms with Crippen LogP contribution in [0.5, 0.6) is 0 Å². The summed E-state index contributed by atoms with van der Waals surface area (Å²) in [5, 5.41) is 2.81. The van der Waals surface area contributed by atoms with Crippen LogP contribution in [-0.2, 0) is 17.9 Å². The minimum absolute atomic E-state index is 0. The number of halogens is 2. The molecule has 0 unspecified atom stereocenters. The van der Waals surface area contributed by atoms with Gasteiger partial charge in [0, 0.05) is 13.1 Å². The maximum absolute atomic E-state index is 11.4. The minimum Gasteiger partial charge on any atom is -0.351 e. The third-order valence-electron chi connectivity index (χ3n) is 3.20. The Kier molecular flexibility index (Phi) is 12.6. The Hall–Kier alpha value is -0.810. The SMILES string of the molecule is CCN(CC)Cc1ccc(CNC(=O)[C@@H](C)N)cc1.Cl.Cl. The Labute approximate surface area is 140 Å². The first-order chi connectivity index (χ1) is 9.06. The fourth-order valence-corrected chi connectivity index (χ4v) is 1.82. The summed E-state index contributed by atoms with van der Waals surface area (Å²) in [5.41, 5.74) is 7.88. The second kappa shape index (κ2) is 11.8. The van der Waals surface area contributed by atoms with Gasteiger partial charge >= 0.3 is 0 Å². The van der Waals surface area contributed by atoms with Gasteiger partial charge in [-0.05, 0) is 31.1 Å². The molecular weight excluding hydrogens is 309 g/mol. The number of nitrogens with two attached hydrogens (primary N) is 1. The highest BCUT2D eigenvalue weighted by atomic mass is 35.5. The van der Waals surface area contributed by atoms with Crippen molar-refractivity contribution in [1.82, 2.24) is 10.2 Å². The van der Waals surface area contributed by atoms with Gasteiger partial charge in [0.2, 0.25) is 5.91 Å². The molecule has 0 fully saturated rings. The van der Waals surface area contributed by atoms with Crippen LogP contribution in [0.15, 0.2) is 24.3 Å². The first-order valence-electron chi connectivity index (χ1n) is 6.90. The number of hydrogen-bond donors (Lipinski definition) is 2. The van der Waals surface area contributed by atoms with Crippen molar-refractivity contribution in [1.29, 1.82) is 0 Å². The molecule has 21 heavy (non-hydrogen) atoms. The summed E-state index contributed by atoms with van der Waals surface area (Å²) in [6, 6.07) is 7.89. The molecule has 4 nitrogen and oxygen atoms in total. The standard InChI is InChI=1S/C15H25N3O.2ClH/c1-4-18(5-2)11-14-8-6-13(7-9-14)10-17-15(19)12(3)16;;/h6-9,12H,4-5,10-11,16H2,1-3H3,(H,17,19);2*1H/t12-;;/m1../s1. The van der Waals surface area contributed by atoms with Crippen LogP contribution in [0.2, 0.25) is 0 Å². The largest absolute Gasteiger partial charge is 0.351 e. The van der Waals surface area contributed by atoms with Gasteiger partial charge in [-0.3, -0.25) is 9.69 Å². The van der Waals surface area contributed by atoms with Gasteiger partial charge in [-0.15, -0.1) is 24.8 Å². The van der Waals surface area contributed by atoms with Crippen molar-refractivity contribution >= 4 is 30.7 Å². The number of carbonyl (C=O) groups is 1. The summed E-state index contributed by atoms with van der Waals surface area (Å²) in [5.74, 6) is -0.118. The highest BCUT2D eigenvalue weighted by Gasteiger charge is 2.06. The molecule has 1 atom stereocenters. The van der Waals surface area contributed by atoms with E-state index in [0.29, 0.717) is 6.54 Å². The van der Waals surface area contributed by atoms with Crippen LogP contribution in [0.3, 0.4) is 0 Å². The molecule has 0 heterocycles. The van der Waals surface area contributed by atoms with Crippen LogP contribution in [0.1, 0.15) is 31.9 Å². The molecule has 3 N–H and O–H groups in total. The lowest BCUT2D eigenvalue weighted by atomic mass is 10.1. The molecule has 6 heteroatoms. The Balaban J connectivity index is 0. The Morgan fingerprint density at radius 1 is 1.14 bits per heavy atom. The number of amides is 1. The summed E-state index contributed by atoms with van der Waals surface area (Å²) in [7, 11) is 0. The number of nitrogens with zero attached hydrogens (tertiary/aromatic N) is 1. The molecule has 122 valence electrons. The lowest BCUT2D eigenvalue weighted by Crippen LogP contribution is -2.37. The van der Waals surface area contributed by atoms with E-state index in [9.17, 15) is 4.79 Å². The first-order valence-corrected chi connectivity index (χ1v) is 6.90. The molecule has 0 saturated heterocycles. The molecule has 1 aromatic carbocycles. The van der Waals surface area contributed by atoms with Crippen molar-refractivity contribution in [2.75, 3.05) is 13.1 Å². The molecule has 0 aromatic heterocycles. The summed E-state index contributed by atoms with van der Waals surface area (Å²) in [4.78, 5) is 13.7. The van der Waals surface area contributed by atoms with Crippen molar-refractivity contribution < 1.29 is 4.79 Å². The topological polar surface area (TPSA) is 58.4 Å². The molecule has 1 aromatic rings. The number of rotatable bonds is 7. The van der Waals surface area contributed by atoms with Crippen molar-refractivity contribution in [3.63, 3.8) is 0 Å². The number of benzene rings is 1.